The summed E-state index contributed by atoms with van der Waals surface area (Å²) in [6.45, 7) is 10.8. The number of likely N-dealkylation sites (tertiary alicyclic amines) is 1. The van der Waals surface area contributed by atoms with Crippen LogP contribution in [0, 0.1) is 11.3 Å². The van der Waals surface area contributed by atoms with Gasteiger partial charge in [-0.05, 0) is 48.4 Å². The molecule has 1 atom stereocenters. The van der Waals surface area contributed by atoms with E-state index in [1.807, 2.05) is 12.1 Å². The third kappa shape index (κ3) is 3.49. The topological polar surface area (TPSA) is 29.3 Å². The van der Waals surface area contributed by atoms with Gasteiger partial charge in [0, 0.05) is 18.8 Å². The number of anilines is 1. The fourth-order valence-electron chi connectivity index (χ4n) is 2.71. The molecule has 18 heavy (non-hydrogen) atoms. The Morgan fingerprint density at radius 1 is 1.22 bits per heavy atom. The smallest absolute Gasteiger partial charge is 0.0314 e. The number of nitrogens with two attached hydrogens (primary N) is 1. The van der Waals surface area contributed by atoms with E-state index in [2.05, 4.69) is 37.8 Å². The minimum Gasteiger partial charge on any atom is -0.399 e. The van der Waals surface area contributed by atoms with Gasteiger partial charge in [-0.3, -0.25) is 0 Å². The predicted molar refractivity (Wildman–Crippen MR) is 78.6 cm³/mol. The summed E-state index contributed by atoms with van der Waals surface area (Å²) in [6.07, 6.45) is 2.49. The van der Waals surface area contributed by atoms with Crippen LogP contribution < -0.4 is 5.73 Å². The van der Waals surface area contributed by atoms with E-state index in [4.69, 9.17) is 5.73 Å². The summed E-state index contributed by atoms with van der Waals surface area (Å²) in [5, 5.41) is 0. The van der Waals surface area contributed by atoms with Crippen LogP contribution in [-0.2, 0) is 6.42 Å². The van der Waals surface area contributed by atoms with E-state index in [0.717, 1.165) is 18.0 Å². The Balaban J connectivity index is 1.80. The Bertz CT molecular complexity index is 375. The molecule has 1 aromatic rings. The van der Waals surface area contributed by atoms with Crippen molar-refractivity contribution in [2.75, 3.05) is 25.4 Å². The monoisotopic (exact) mass is 246 g/mol. The van der Waals surface area contributed by atoms with Crippen LogP contribution in [0.15, 0.2) is 24.3 Å². The minimum absolute atomic E-state index is 0.454. The van der Waals surface area contributed by atoms with E-state index in [1.165, 1.54) is 31.6 Å². The van der Waals surface area contributed by atoms with Crippen LogP contribution >= 0.6 is 0 Å². The Morgan fingerprint density at radius 2 is 1.89 bits per heavy atom. The zero-order valence-electron chi connectivity index (χ0n) is 11.9. The molecule has 0 aliphatic carbocycles. The van der Waals surface area contributed by atoms with Crippen molar-refractivity contribution < 1.29 is 0 Å². The summed E-state index contributed by atoms with van der Waals surface area (Å²) < 4.78 is 0. The summed E-state index contributed by atoms with van der Waals surface area (Å²) in [5.74, 6) is 0.851. The normalized spacial score (nSPS) is 21.4. The van der Waals surface area contributed by atoms with Crippen LogP contribution in [-0.4, -0.2) is 24.5 Å². The summed E-state index contributed by atoms with van der Waals surface area (Å²) in [5.41, 5.74) is 8.40. The Morgan fingerprint density at radius 3 is 2.44 bits per heavy atom. The van der Waals surface area contributed by atoms with Gasteiger partial charge >= 0.3 is 0 Å². The van der Waals surface area contributed by atoms with Crippen LogP contribution in [0.4, 0.5) is 5.69 Å². The van der Waals surface area contributed by atoms with Gasteiger partial charge in [-0.25, -0.2) is 0 Å². The first-order chi connectivity index (χ1) is 8.45. The Labute approximate surface area is 111 Å². The molecule has 1 heterocycles. The number of rotatable bonds is 3. The van der Waals surface area contributed by atoms with Crippen LogP contribution in [0.2, 0.25) is 0 Å². The molecule has 0 spiro atoms. The molecular formula is C16H26N2. The van der Waals surface area contributed by atoms with Crippen molar-refractivity contribution in [2.45, 2.75) is 33.6 Å². The number of nitrogens with zero attached hydrogens (tertiary/aromatic N) is 1. The molecule has 2 heteroatoms. The van der Waals surface area contributed by atoms with Crippen molar-refractivity contribution in [3.8, 4) is 0 Å². The third-order valence-electron chi connectivity index (χ3n) is 4.19. The van der Waals surface area contributed by atoms with Gasteiger partial charge in [0.25, 0.3) is 0 Å². The molecule has 2 rings (SSSR count). The predicted octanol–water partition coefficient (Wildman–Crippen LogP) is 3.18. The molecule has 0 saturated carbocycles. The van der Waals surface area contributed by atoms with Gasteiger partial charge in [0.05, 0.1) is 0 Å². The van der Waals surface area contributed by atoms with Crippen molar-refractivity contribution in [3.63, 3.8) is 0 Å². The first-order valence-electron chi connectivity index (χ1n) is 7.02. The molecule has 0 aromatic heterocycles. The number of nitrogen functional groups attached to an aromatic ring is 1. The van der Waals surface area contributed by atoms with Gasteiger partial charge in [-0.2, -0.15) is 0 Å². The quantitative estimate of drug-likeness (QED) is 0.830. The fraction of sp³-hybridized carbons (Fsp3) is 0.625. The van der Waals surface area contributed by atoms with E-state index in [1.54, 1.807) is 0 Å². The lowest BCUT2D eigenvalue weighted by Gasteiger charge is -2.27. The van der Waals surface area contributed by atoms with Crippen molar-refractivity contribution in [3.05, 3.63) is 29.8 Å². The lowest BCUT2D eigenvalue weighted by molar-refractivity contribution is 0.230. The van der Waals surface area contributed by atoms with E-state index in [-0.39, 0.29) is 0 Å². The van der Waals surface area contributed by atoms with Gasteiger partial charge in [-0.15, -0.1) is 0 Å². The van der Waals surface area contributed by atoms with Crippen molar-refractivity contribution in [1.82, 2.24) is 4.90 Å². The highest BCUT2D eigenvalue weighted by atomic mass is 15.1. The molecule has 0 bridgehead atoms. The van der Waals surface area contributed by atoms with E-state index >= 15 is 0 Å². The standard InChI is InChI=1S/C16H26N2/c1-16(2,3)14-9-11-18(12-14)10-8-13-4-6-15(17)7-5-13/h4-7,14H,8-12,17H2,1-3H3. The average Bonchev–Trinajstić information content (AvgIpc) is 2.77. The molecule has 100 valence electrons. The summed E-state index contributed by atoms with van der Waals surface area (Å²) in [6, 6.07) is 8.29. The molecule has 2 nitrogen and oxygen atoms in total. The molecular weight excluding hydrogens is 220 g/mol. The lowest BCUT2D eigenvalue weighted by Crippen LogP contribution is -2.27. The first-order valence-corrected chi connectivity index (χ1v) is 7.02. The van der Waals surface area contributed by atoms with Gasteiger partial charge in [0.15, 0.2) is 0 Å². The molecule has 1 aliphatic heterocycles. The van der Waals surface area contributed by atoms with Crippen molar-refractivity contribution in [2.24, 2.45) is 11.3 Å². The second-order valence-corrected chi connectivity index (χ2v) is 6.64. The maximum Gasteiger partial charge on any atom is 0.0314 e. The summed E-state index contributed by atoms with van der Waals surface area (Å²) in [4.78, 5) is 2.60. The van der Waals surface area contributed by atoms with Gasteiger partial charge in [0.2, 0.25) is 0 Å². The summed E-state index contributed by atoms with van der Waals surface area (Å²) in [7, 11) is 0. The molecule has 1 saturated heterocycles. The van der Waals surface area contributed by atoms with Crippen LogP contribution in [0.1, 0.15) is 32.8 Å². The first kappa shape index (κ1) is 13.4. The molecule has 1 fully saturated rings. The number of hydrogen-bond donors (Lipinski definition) is 1. The molecule has 0 amide bonds. The highest BCUT2D eigenvalue weighted by molar-refractivity contribution is 5.39. The van der Waals surface area contributed by atoms with Crippen LogP contribution in [0.25, 0.3) is 0 Å². The van der Waals surface area contributed by atoms with E-state index in [9.17, 15) is 0 Å². The zero-order chi connectivity index (χ0) is 13.2. The van der Waals surface area contributed by atoms with Crippen molar-refractivity contribution in [1.29, 1.82) is 0 Å². The van der Waals surface area contributed by atoms with Gasteiger partial charge in [0.1, 0.15) is 0 Å². The molecule has 1 aliphatic rings. The number of hydrogen-bond acceptors (Lipinski definition) is 2. The average molecular weight is 246 g/mol. The molecule has 2 N–H and O–H groups in total. The third-order valence-corrected chi connectivity index (χ3v) is 4.19. The largest absolute Gasteiger partial charge is 0.399 e. The highest BCUT2D eigenvalue weighted by Crippen LogP contribution is 2.33. The SMILES string of the molecule is CC(C)(C)C1CCN(CCc2ccc(N)cc2)C1. The van der Waals surface area contributed by atoms with E-state index in [0.29, 0.717) is 5.41 Å². The Hall–Kier alpha value is -1.02. The minimum atomic E-state index is 0.454. The second kappa shape index (κ2) is 5.31. The zero-order valence-corrected chi connectivity index (χ0v) is 11.9. The second-order valence-electron chi connectivity index (χ2n) is 6.64. The van der Waals surface area contributed by atoms with Crippen molar-refractivity contribution >= 4 is 5.69 Å². The van der Waals surface area contributed by atoms with Crippen LogP contribution in [0.5, 0.6) is 0 Å². The van der Waals surface area contributed by atoms with E-state index < -0.39 is 0 Å². The lowest BCUT2D eigenvalue weighted by atomic mass is 9.80. The maximum atomic E-state index is 5.70. The maximum absolute atomic E-state index is 5.70. The highest BCUT2D eigenvalue weighted by Gasteiger charge is 2.31. The number of benzene rings is 1. The summed E-state index contributed by atoms with van der Waals surface area (Å²) >= 11 is 0. The molecule has 1 aromatic carbocycles. The van der Waals surface area contributed by atoms with Gasteiger partial charge < -0.3 is 10.6 Å². The Kier molecular flexibility index (Phi) is 3.96. The molecule has 0 radical (unpaired) electrons. The van der Waals surface area contributed by atoms with Gasteiger partial charge in [-0.1, -0.05) is 32.9 Å². The van der Waals surface area contributed by atoms with Crippen LogP contribution in [0.3, 0.4) is 0 Å². The molecule has 1 unspecified atom stereocenters. The fourth-order valence-corrected chi connectivity index (χ4v) is 2.71.